The van der Waals surface area contributed by atoms with Crippen LogP contribution in [0, 0.1) is 0 Å². The van der Waals surface area contributed by atoms with Crippen molar-refractivity contribution in [1.29, 1.82) is 0 Å². The van der Waals surface area contributed by atoms with E-state index in [0.29, 0.717) is 17.8 Å². The summed E-state index contributed by atoms with van der Waals surface area (Å²) in [5.74, 6) is -0.119. The van der Waals surface area contributed by atoms with Crippen molar-refractivity contribution in [2.75, 3.05) is 13.2 Å². The Labute approximate surface area is 174 Å². The van der Waals surface area contributed by atoms with Gasteiger partial charge in [0, 0.05) is 18.6 Å². The molecule has 11 heteroatoms. The van der Waals surface area contributed by atoms with Gasteiger partial charge in [-0.25, -0.2) is 9.50 Å². The van der Waals surface area contributed by atoms with Crippen LogP contribution in [0.25, 0.3) is 5.65 Å². The Morgan fingerprint density at radius 3 is 2.65 bits per heavy atom. The second-order valence-corrected chi connectivity index (χ2v) is 7.87. The number of aromatic nitrogens is 4. The van der Waals surface area contributed by atoms with Crippen molar-refractivity contribution >= 4 is 11.6 Å². The molecule has 5 rings (SSSR count). The molecule has 2 aliphatic rings. The van der Waals surface area contributed by atoms with Crippen LogP contribution in [0.2, 0.25) is 0 Å². The molecule has 1 aliphatic heterocycles. The number of hydrogen-bond donors (Lipinski definition) is 2. The molecule has 2 N–H and O–H groups in total. The van der Waals surface area contributed by atoms with Crippen LogP contribution in [0.1, 0.15) is 45.9 Å². The molecule has 2 fully saturated rings. The maximum Gasteiger partial charge on any atom is 0.417 e. The smallest absolute Gasteiger partial charge is 0.388 e. The Bertz CT molecular complexity index is 1140. The molecule has 162 valence electrons. The lowest BCUT2D eigenvalue weighted by molar-refractivity contribution is -0.137. The normalized spacial score (nSPS) is 23.9. The standard InChI is InChI=1S/C20H18F3N5O3/c21-20(22,23)13-3-4-15(24-6-13)19(10-31-9-16(19)29)27-18(30)14-7-26-28-8-12(11-1-2-11)5-25-17(14)28/h3-8,11,16,29H,1-2,9-10H2,(H,27,30). The Balaban J connectivity index is 1.46. The van der Waals surface area contributed by atoms with Crippen molar-refractivity contribution < 1.29 is 27.8 Å². The van der Waals surface area contributed by atoms with Crippen LogP contribution in [0.4, 0.5) is 13.2 Å². The molecular formula is C20H18F3N5O3. The monoisotopic (exact) mass is 433 g/mol. The molecule has 1 amide bonds. The van der Waals surface area contributed by atoms with Gasteiger partial charge in [-0.15, -0.1) is 0 Å². The number of fused-ring (bicyclic) bond motifs is 1. The lowest BCUT2D eigenvalue weighted by Crippen LogP contribution is -2.54. The molecule has 2 atom stereocenters. The number of amides is 1. The maximum absolute atomic E-state index is 13.1. The molecule has 0 spiro atoms. The van der Waals surface area contributed by atoms with Gasteiger partial charge in [-0.2, -0.15) is 18.3 Å². The Kier molecular flexibility index (Phi) is 4.48. The van der Waals surface area contributed by atoms with E-state index in [4.69, 9.17) is 4.74 Å². The van der Waals surface area contributed by atoms with Crippen LogP contribution in [0.3, 0.4) is 0 Å². The summed E-state index contributed by atoms with van der Waals surface area (Å²) in [4.78, 5) is 21.3. The van der Waals surface area contributed by atoms with Gasteiger partial charge in [0.2, 0.25) is 0 Å². The average molecular weight is 433 g/mol. The highest BCUT2D eigenvalue weighted by molar-refractivity contribution is 6.00. The summed E-state index contributed by atoms with van der Waals surface area (Å²) < 4.78 is 45.5. The fourth-order valence-corrected chi connectivity index (χ4v) is 3.77. The van der Waals surface area contributed by atoms with Crippen LogP contribution in [-0.4, -0.2) is 49.9 Å². The Morgan fingerprint density at radius 1 is 1.23 bits per heavy atom. The number of aliphatic hydroxyl groups is 1. The van der Waals surface area contributed by atoms with Gasteiger partial charge in [-0.3, -0.25) is 9.78 Å². The van der Waals surface area contributed by atoms with Gasteiger partial charge in [0.15, 0.2) is 5.65 Å². The largest absolute Gasteiger partial charge is 0.417 e. The molecule has 1 aliphatic carbocycles. The third-order valence-electron chi connectivity index (χ3n) is 5.73. The van der Waals surface area contributed by atoms with E-state index in [0.717, 1.165) is 30.5 Å². The van der Waals surface area contributed by atoms with E-state index < -0.39 is 29.3 Å². The maximum atomic E-state index is 13.1. The zero-order valence-electron chi connectivity index (χ0n) is 16.1. The van der Waals surface area contributed by atoms with E-state index in [1.54, 1.807) is 6.20 Å². The summed E-state index contributed by atoms with van der Waals surface area (Å²) in [5, 5.41) is 17.5. The van der Waals surface area contributed by atoms with Gasteiger partial charge in [0.05, 0.1) is 30.7 Å². The van der Waals surface area contributed by atoms with Crippen molar-refractivity contribution in [3.63, 3.8) is 0 Å². The van der Waals surface area contributed by atoms with Gasteiger partial charge in [-0.1, -0.05) is 0 Å². The number of ether oxygens (including phenoxy) is 1. The molecular weight excluding hydrogens is 415 g/mol. The lowest BCUT2D eigenvalue weighted by atomic mass is 9.90. The number of halogens is 3. The van der Waals surface area contributed by atoms with Crippen molar-refractivity contribution in [2.45, 2.75) is 36.6 Å². The van der Waals surface area contributed by atoms with Crippen LogP contribution in [0.15, 0.2) is 36.9 Å². The number of carbonyl (C=O) groups excluding carboxylic acids is 1. The van der Waals surface area contributed by atoms with Crippen molar-refractivity contribution in [3.8, 4) is 0 Å². The van der Waals surface area contributed by atoms with E-state index in [9.17, 15) is 23.1 Å². The minimum Gasteiger partial charge on any atom is -0.388 e. The summed E-state index contributed by atoms with van der Waals surface area (Å²) >= 11 is 0. The van der Waals surface area contributed by atoms with Gasteiger partial charge in [0.1, 0.15) is 17.2 Å². The van der Waals surface area contributed by atoms with Crippen LogP contribution < -0.4 is 5.32 Å². The van der Waals surface area contributed by atoms with Crippen molar-refractivity contribution in [3.05, 3.63) is 59.3 Å². The van der Waals surface area contributed by atoms with Crippen LogP contribution in [-0.2, 0) is 16.5 Å². The SMILES string of the molecule is O=C(NC1(c2ccc(C(F)(F)F)cn2)COCC1O)c1cnn2cc(C3CC3)cnc12. The molecule has 3 aromatic heterocycles. The molecule has 31 heavy (non-hydrogen) atoms. The average Bonchev–Trinajstić information content (AvgIpc) is 3.41. The molecule has 1 saturated heterocycles. The highest BCUT2D eigenvalue weighted by atomic mass is 19.4. The highest BCUT2D eigenvalue weighted by Gasteiger charge is 2.48. The molecule has 2 unspecified atom stereocenters. The van der Waals surface area contributed by atoms with E-state index in [2.05, 4.69) is 20.4 Å². The Morgan fingerprint density at radius 2 is 2.03 bits per heavy atom. The molecule has 3 aromatic rings. The summed E-state index contributed by atoms with van der Waals surface area (Å²) in [7, 11) is 0. The third kappa shape index (κ3) is 3.43. The van der Waals surface area contributed by atoms with Crippen LogP contribution >= 0.6 is 0 Å². The minimum atomic E-state index is -4.55. The number of pyridine rings is 1. The first kappa shape index (κ1) is 19.9. The van der Waals surface area contributed by atoms with Gasteiger partial charge < -0.3 is 15.2 Å². The lowest BCUT2D eigenvalue weighted by Gasteiger charge is -2.31. The van der Waals surface area contributed by atoms with E-state index in [1.807, 2.05) is 6.20 Å². The van der Waals surface area contributed by atoms with E-state index >= 15 is 0 Å². The minimum absolute atomic E-state index is 0.0688. The molecule has 8 nitrogen and oxygen atoms in total. The fraction of sp³-hybridized carbons (Fsp3) is 0.400. The topological polar surface area (TPSA) is 102 Å². The zero-order chi connectivity index (χ0) is 21.8. The predicted octanol–water partition coefficient (Wildman–Crippen LogP) is 2.04. The second-order valence-electron chi connectivity index (χ2n) is 7.87. The third-order valence-corrected chi connectivity index (χ3v) is 5.73. The predicted molar refractivity (Wildman–Crippen MR) is 100 cm³/mol. The number of nitrogens with zero attached hydrogens (tertiary/aromatic N) is 4. The number of carbonyl (C=O) groups is 1. The number of rotatable bonds is 4. The first-order valence-electron chi connectivity index (χ1n) is 9.73. The number of alkyl halides is 3. The molecule has 0 bridgehead atoms. The van der Waals surface area contributed by atoms with Crippen molar-refractivity contribution in [2.24, 2.45) is 0 Å². The van der Waals surface area contributed by atoms with Crippen LogP contribution in [0.5, 0.6) is 0 Å². The highest BCUT2D eigenvalue weighted by Crippen LogP contribution is 2.39. The first-order chi connectivity index (χ1) is 14.8. The first-order valence-corrected chi connectivity index (χ1v) is 9.73. The van der Waals surface area contributed by atoms with E-state index in [-0.39, 0.29) is 24.5 Å². The Hall–Kier alpha value is -3.05. The van der Waals surface area contributed by atoms with Gasteiger partial charge >= 0.3 is 6.18 Å². The zero-order valence-corrected chi connectivity index (χ0v) is 16.1. The molecule has 4 heterocycles. The van der Waals surface area contributed by atoms with Gasteiger partial charge in [0.25, 0.3) is 5.91 Å². The molecule has 0 aromatic carbocycles. The molecule has 1 saturated carbocycles. The van der Waals surface area contributed by atoms with E-state index in [1.165, 1.54) is 10.7 Å². The number of nitrogens with one attached hydrogen (secondary N) is 1. The number of aliphatic hydroxyl groups excluding tert-OH is 1. The summed E-state index contributed by atoms with van der Waals surface area (Å²) in [6, 6.07) is 1.99. The second kappa shape index (κ2) is 6.99. The molecule has 0 radical (unpaired) electrons. The van der Waals surface area contributed by atoms with Crippen molar-refractivity contribution in [1.82, 2.24) is 24.9 Å². The quantitative estimate of drug-likeness (QED) is 0.653. The fourth-order valence-electron chi connectivity index (χ4n) is 3.77. The summed E-state index contributed by atoms with van der Waals surface area (Å²) in [6.07, 6.45) is 2.04. The van der Waals surface area contributed by atoms with Gasteiger partial charge in [-0.05, 0) is 36.5 Å². The summed E-state index contributed by atoms with van der Waals surface area (Å²) in [5.41, 5.74) is -0.793. The summed E-state index contributed by atoms with van der Waals surface area (Å²) in [6.45, 7) is -0.239. The number of hydrogen-bond acceptors (Lipinski definition) is 6.